The third kappa shape index (κ3) is 2.94. The predicted molar refractivity (Wildman–Crippen MR) is 66.0 cm³/mol. The zero-order valence-electron chi connectivity index (χ0n) is 9.67. The molecule has 1 aromatic rings. The third-order valence-corrected chi connectivity index (χ3v) is 2.78. The summed E-state index contributed by atoms with van der Waals surface area (Å²) in [6.45, 7) is 0.449. The predicted octanol–water partition coefficient (Wildman–Crippen LogP) is 2.56. The van der Waals surface area contributed by atoms with E-state index in [1.165, 1.54) is 12.2 Å². The molecule has 18 heavy (non-hydrogen) atoms. The Balaban J connectivity index is 2.06. The Bertz CT molecular complexity index is 497. The molecule has 1 aliphatic rings. The van der Waals surface area contributed by atoms with E-state index in [9.17, 15) is 14.5 Å². The van der Waals surface area contributed by atoms with Crippen molar-refractivity contribution < 1.29 is 9.31 Å². The van der Waals surface area contributed by atoms with E-state index < -0.39 is 16.8 Å². The molecule has 4 nitrogen and oxygen atoms in total. The van der Waals surface area contributed by atoms with Crippen LogP contribution < -0.4 is 5.32 Å². The average Bonchev–Trinajstić information content (AvgIpc) is 2.37. The van der Waals surface area contributed by atoms with Crippen LogP contribution in [0.3, 0.4) is 0 Å². The lowest BCUT2D eigenvalue weighted by atomic mass is 10.0. The van der Waals surface area contributed by atoms with Crippen molar-refractivity contribution in [2.45, 2.75) is 19.0 Å². The van der Waals surface area contributed by atoms with Crippen LogP contribution in [0, 0.1) is 10.1 Å². The summed E-state index contributed by atoms with van der Waals surface area (Å²) in [5.74, 6) is -0.427. The fraction of sp³-hybridized carbons (Fsp3) is 0.231. The topological polar surface area (TPSA) is 55.2 Å². The number of halogens is 1. The van der Waals surface area contributed by atoms with E-state index in [4.69, 9.17) is 0 Å². The van der Waals surface area contributed by atoms with Crippen molar-refractivity contribution in [3.05, 3.63) is 69.7 Å². The van der Waals surface area contributed by atoms with Crippen molar-refractivity contribution >= 4 is 0 Å². The maximum atomic E-state index is 13.1. The number of nitrogens with one attached hydrogen (secondary N) is 1. The highest BCUT2D eigenvalue weighted by atomic mass is 19.1. The summed E-state index contributed by atoms with van der Waals surface area (Å²) in [5.41, 5.74) is 1.32. The molecule has 0 aromatic heterocycles. The Morgan fingerprint density at radius 1 is 1.39 bits per heavy atom. The third-order valence-electron chi connectivity index (χ3n) is 2.78. The van der Waals surface area contributed by atoms with Crippen molar-refractivity contribution in [1.29, 1.82) is 0 Å². The molecule has 0 bridgehead atoms. The molecule has 0 heterocycles. The highest BCUT2D eigenvalue weighted by Gasteiger charge is 2.27. The second kappa shape index (κ2) is 5.44. The standard InChI is InChI=1S/C13H13FN2O2/c14-11-6-7-13(16(17)18)12(8-11)15-9-10-4-2-1-3-5-10/h1-6,8,13,15H,7,9H2. The van der Waals surface area contributed by atoms with E-state index in [1.807, 2.05) is 30.3 Å². The first-order chi connectivity index (χ1) is 8.66. The maximum Gasteiger partial charge on any atom is 0.255 e. The molecule has 1 unspecified atom stereocenters. The monoisotopic (exact) mass is 248 g/mol. The Kier molecular flexibility index (Phi) is 3.72. The molecule has 0 saturated heterocycles. The molecule has 1 aromatic carbocycles. The van der Waals surface area contributed by atoms with Gasteiger partial charge in [-0.3, -0.25) is 10.1 Å². The largest absolute Gasteiger partial charge is 0.379 e. The van der Waals surface area contributed by atoms with Crippen molar-refractivity contribution in [3.63, 3.8) is 0 Å². The number of allylic oxidation sites excluding steroid dienone is 2. The highest BCUT2D eigenvalue weighted by molar-refractivity contribution is 5.26. The van der Waals surface area contributed by atoms with E-state index in [0.29, 0.717) is 12.2 Å². The molecule has 0 fully saturated rings. The molecule has 0 aliphatic heterocycles. The van der Waals surface area contributed by atoms with Gasteiger partial charge in [0.05, 0.1) is 5.70 Å². The van der Waals surface area contributed by atoms with Crippen molar-refractivity contribution in [2.75, 3.05) is 0 Å². The van der Waals surface area contributed by atoms with Crippen LogP contribution in [0.25, 0.3) is 0 Å². The molecule has 1 atom stereocenters. The Labute approximate surface area is 104 Å². The normalized spacial score (nSPS) is 18.8. The van der Waals surface area contributed by atoms with Crippen molar-refractivity contribution in [2.24, 2.45) is 0 Å². The molecule has 5 heteroatoms. The first kappa shape index (κ1) is 12.3. The summed E-state index contributed by atoms with van der Waals surface area (Å²) < 4.78 is 13.1. The zero-order valence-corrected chi connectivity index (χ0v) is 9.67. The van der Waals surface area contributed by atoms with E-state index >= 15 is 0 Å². The van der Waals surface area contributed by atoms with Gasteiger partial charge in [0.1, 0.15) is 5.83 Å². The van der Waals surface area contributed by atoms with E-state index in [-0.39, 0.29) is 6.42 Å². The van der Waals surface area contributed by atoms with Gasteiger partial charge in [0.15, 0.2) is 0 Å². The van der Waals surface area contributed by atoms with Crippen LogP contribution in [0.1, 0.15) is 12.0 Å². The number of nitro groups is 1. The summed E-state index contributed by atoms with van der Waals surface area (Å²) in [5, 5.41) is 13.8. The van der Waals surface area contributed by atoms with Gasteiger partial charge in [0.25, 0.3) is 6.04 Å². The van der Waals surface area contributed by atoms with Crippen LogP contribution in [-0.4, -0.2) is 11.0 Å². The molecule has 0 radical (unpaired) electrons. The molecule has 2 rings (SSSR count). The smallest absolute Gasteiger partial charge is 0.255 e. The van der Waals surface area contributed by atoms with Gasteiger partial charge in [-0.05, 0) is 17.7 Å². The summed E-state index contributed by atoms with van der Waals surface area (Å²) in [7, 11) is 0. The first-order valence-corrected chi connectivity index (χ1v) is 5.65. The van der Waals surface area contributed by atoms with Gasteiger partial charge in [-0.25, -0.2) is 4.39 Å². The Morgan fingerprint density at radius 2 is 2.11 bits per heavy atom. The van der Waals surface area contributed by atoms with Crippen LogP contribution in [0.4, 0.5) is 4.39 Å². The van der Waals surface area contributed by atoms with Gasteiger partial charge < -0.3 is 5.32 Å². The summed E-state index contributed by atoms with van der Waals surface area (Å²) in [4.78, 5) is 10.5. The summed E-state index contributed by atoms with van der Waals surface area (Å²) in [6.07, 6.45) is 2.52. The SMILES string of the molecule is O=[N+]([O-])C1CC=C(F)C=C1NCc1ccccc1. The zero-order chi connectivity index (χ0) is 13.0. The minimum Gasteiger partial charge on any atom is -0.379 e. The van der Waals surface area contributed by atoms with Crippen molar-refractivity contribution in [3.8, 4) is 0 Å². The molecule has 1 aliphatic carbocycles. The van der Waals surface area contributed by atoms with Gasteiger partial charge in [0, 0.05) is 17.9 Å². The second-order valence-electron chi connectivity index (χ2n) is 4.06. The van der Waals surface area contributed by atoms with Crippen molar-refractivity contribution in [1.82, 2.24) is 5.32 Å². The molecule has 1 N–H and O–H groups in total. The van der Waals surface area contributed by atoms with Gasteiger partial charge in [0.2, 0.25) is 0 Å². The van der Waals surface area contributed by atoms with Gasteiger partial charge >= 0.3 is 0 Å². The van der Waals surface area contributed by atoms with E-state index in [1.54, 1.807) is 0 Å². The summed E-state index contributed by atoms with van der Waals surface area (Å²) in [6, 6.07) is 8.60. The highest BCUT2D eigenvalue weighted by Crippen LogP contribution is 2.19. The number of rotatable bonds is 4. The number of benzene rings is 1. The molecular formula is C13H13FN2O2. The molecule has 0 amide bonds. The van der Waals surface area contributed by atoms with E-state index in [0.717, 1.165) is 5.56 Å². The number of nitrogens with zero attached hydrogens (tertiary/aromatic N) is 1. The molecular weight excluding hydrogens is 235 g/mol. The Morgan fingerprint density at radius 3 is 2.78 bits per heavy atom. The lowest BCUT2D eigenvalue weighted by molar-refractivity contribution is -0.512. The van der Waals surface area contributed by atoms with Crippen LogP contribution in [0.15, 0.2) is 54.0 Å². The number of hydrogen-bond donors (Lipinski definition) is 1. The Hall–Kier alpha value is -2.17. The molecule has 0 spiro atoms. The van der Waals surface area contributed by atoms with Gasteiger partial charge in [-0.15, -0.1) is 0 Å². The van der Waals surface area contributed by atoms with Crippen LogP contribution in [-0.2, 0) is 6.54 Å². The molecule has 0 saturated carbocycles. The first-order valence-electron chi connectivity index (χ1n) is 5.65. The lowest BCUT2D eigenvalue weighted by Crippen LogP contribution is -2.31. The minimum absolute atomic E-state index is 0.0897. The quantitative estimate of drug-likeness (QED) is 0.658. The van der Waals surface area contributed by atoms with Crippen LogP contribution >= 0.6 is 0 Å². The second-order valence-corrected chi connectivity index (χ2v) is 4.06. The minimum atomic E-state index is -0.881. The summed E-state index contributed by atoms with van der Waals surface area (Å²) >= 11 is 0. The lowest BCUT2D eigenvalue weighted by Gasteiger charge is -2.17. The maximum absolute atomic E-state index is 13.1. The number of hydrogen-bond acceptors (Lipinski definition) is 3. The average molecular weight is 248 g/mol. The fourth-order valence-electron chi connectivity index (χ4n) is 1.82. The van der Waals surface area contributed by atoms with Crippen LogP contribution in [0.5, 0.6) is 0 Å². The van der Waals surface area contributed by atoms with Gasteiger partial charge in [-0.1, -0.05) is 30.3 Å². The van der Waals surface area contributed by atoms with Gasteiger partial charge in [-0.2, -0.15) is 0 Å². The van der Waals surface area contributed by atoms with Crippen LogP contribution in [0.2, 0.25) is 0 Å². The van der Waals surface area contributed by atoms with E-state index in [2.05, 4.69) is 5.32 Å². The molecule has 94 valence electrons. The fourth-order valence-corrected chi connectivity index (χ4v) is 1.82.